The molecule has 0 amide bonds. The molecule has 1 aromatic heterocycles. The number of aromatic nitrogens is 1. The molecule has 0 unspecified atom stereocenters. The van der Waals surface area contributed by atoms with Crippen molar-refractivity contribution >= 4 is 16.7 Å². The van der Waals surface area contributed by atoms with Crippen molar-refractivity contribution in [3.8, 4) is 6.07 Å². The molecule has 0 aliphatic rings. The quantitative estimate of drug-likeness (QED) is 0.871. The molecule has 2 aromatic rings. The molecule has 1 aromatic carbocycles. The fourth-order valence-electron chi connectivity index (χ4n) is 2.03. The lowest BCUT2D eigenvalue weighted by atomic mass is 10.2. The summed E-state index contributed by atoms with van der Waals surface area (Å²) >= 11 is 0. The third-order valence-electron chi connectivity index (χ3n) is 3.03. The highest BCUT2D eigenvalue weighted by molar-refractivity contribution is 5.91. The number of aromatic amines is 1. The summed E-state index contributed by atoms with van der Waals surface area (Å²) in [6.07, 6.45) is 2.29. The number of anilines is 1. The van der Waals surface area contributed by atoms with Gasteiger partial charge in [-0.3, -0.25) is 0 Å². The largest absolute Gasteiger partial charge is 0.360 e. The number of nitrogens with one attached hydrogen (secondary N) is 1. The maximum atomic E-state index is 9.28. The minimum Gasteiger partial charge on any atom is -0.360 e. The molecule has 3 nitrogen and oxygen atoms in total. The van der Waals surface area contributed by atoms with Crippen molar-refractivity contribution in [2.75, 3.05) is 18.5 Å². The molecule has 0 aliphatic carbocycles. The van der Waals surface area contributed by atoms with Crippen molar-refractivity contribution in [3.63, 3.8) is 0 Å². The summed E-state index contributed by atoms with van der Waals surface area (Å²) in [6, 6.07) is 10.2. The number of fused-ring (bicyclic) bond motifs is 1. The number of nitriles is 1. The second-order valence-corrected chi connectivity index (χ2v) is 4.28. The number of unbranched alkanes of at least 4 members (excludes halogenated alkanes) is 1. The van der Waals surface area contributed by atoms with Crippen LogP contribution in [0.25, 0.3) is 10.9 Å². The Balaban J connectivity index is 2.43. The summed E-state index contributed by atoms with van der Waals surface area (Å²) < 4.78 is 0. The SMILES string of the molecule is CCCCN(C)c1[nH]c2ccccc2c1C#N. The van der Waals surface area contributed by atoms with E-state index < -0.39 is 0 Å². The molecule has 0 spiro atoms. The van der Waals surface area contributed by atoms with Crippen LogP contribution in [0.3, 0.4) is 0 Å². The third kappa shape index (κ3) is 2.12. The molecule has 1 heterocycles. The van der Waals surface area contributed by atoms with E-state index in [-0.39, 0.29) is 0 Å². The number of benzene rings is 1. The number of rotatable bonds is 4. The minimum absolute atomic E-state index is 0.749. The van der Waals surface area contributed by atoms with Crippen LogP contribution >= 0.6 is 0 Å². The van der Waals surface area contributed by atoms with Crippen molar-refractivity contribution in [1.82, 2.24) is 4.98 Å². The average Bonchev–Trinajstić information content (AvgIpc) is 2.74. The van der Waals surface area contributed by atoms with E-state index in [4.69, 9.17) is 0 Å². The van der Waals surface area contributed by atoms with Crippen LogP contribution in [-0.4, -0.2) is 18.6 Å². The Labute approximate surface area is 102 Å². The van der Waals surface area contributed by atoms with E-state index in [1.54, 1.807) is 0 Å². The van der Waals surface area contributed by atoms with E-state index in [9.17, 15) is 5.26 Å². The zero-order chi connectivity index (χ0) is 12.3. The van der Waals surface area contributed by atoms with Gasteiger partial charge in [-0.1, -0.05) is 31.5 Å². The topological polar surface area (TPSA) is 42.8 Å². The summed E-state index contributed by atoms with van der Waals surface area (Å²) in [4.78, 5) is 5.45. The van der Waals surface area contributed by atoms with Crippen LogP contribution in [0, 0.1) is 11.3 Å². The van der Waals surface area contributed by atoms with Gasteiger partial charge in [-0.25, -0.2) is 0 Å². The van der Waals surface area contributed by atoms with Crippen LogP contribution in [-0.2, 0) is 0 Å². The lowest BCUT2D eigenvalue weighted by Gasteiger charge is -2.17. The van der Waals surface area contributed by atoms with Crippen molar-refractivity contribution in [2.24, 2.45) is 0 Å². The van der Waals surface area contributed by atoms with Crippen LogP contribution < -0.4 is 4.90 Å². The Morgan fingerprint density at radius 2 is 2.12 bits per heavy atom. The summed E-state index contributed by atoms with van der Waals surface area (Å²) in [6.45, 7) is 3.14. The van der Waals surface area contributed by atoms with Crippen molar-refractivity contribution in [3.05, 3.63) is 29.8 Å². The zero-order valence-electron chi connectivity index (χ0n) is 10.3. The third-order valence-corrected chi connectivity index (χ3v) is 3.03. The van der Waals surface area contributed by atoms with Gasteiger partial charge in [-0.05, 0) is 12.5 Å². The monoisotopic (exact) mass is 227 g/mol. The highest BCUT2D eigenvalue weighted by Crippen LogP contribution is 2.27. The van der Waals surface area contributed by atoms with Gasteiger partial charge >= 0.3 is 0 Å². The smallest absolute Gasteiger partial charge is 0.124 e. The Morgan fingerprint density at radius 3 is 2.82 bits per heavy atom. The Bertz CT molecular complexity index is 548. The van der Waals surface area contributed by atoms with E-state index in [0.717, 1.165) is 41.7 Å². The fourth-order valence-corrected chi connectivity index (χ4v) is 2.03. The first kappa shape index (κ1) is 11.5. The first-order valence-electron chi connectivity index (χ1n) is 6.00. The van der Waals surface area contributed by atoms with Crippen LogP contribution in [0.1, 0.15) is 25.3 Å². The summed E-state index contributed by atoms with van der Waals surface area (Å²) in [5, 5.41) is 10.3. The first-order chi connectivity index (χ1) is 8.27. The molecule has 0 bridgehead atoms. The predicted molar refractivity (Wildman–Crippen MR) is 71.2 cm³/mol. The maximum Gasteiger partial charge on any atom is 0.124 e. The second kappa shape index (κ2) is 4.92. The van der Waals surface area contributed by atoms with Crippen LogP contribution in [0.5, 0.6) is 0 Å². The molecule has 0 saturated carbocycles. The molecule has 3 heteroatoms. The molecule has 0 aliphatic heterocycles. The van der Waals surface area contributed by atoms with E-state index in [2.05, 4.69) is 22.9 Å². The molecule has 0 radical (unpaired) electrons. The Morgan fingerprint density at radius 1 is 1.35 bits per heavy atom. The molecular formula is C14H17N3. The molecule has 17 heavy (non-hydrogen) atoms. The number of hydrogen-bond donors (Lipinski definition) is 1. The normalized spacial score (nSPS) is 10.4. The predicted octanol–water partition coefficient (Wildman–Crippen LogP) is 3.28. The fraction of sp³-hybridized carbons (Fsp3) is 0.357. The highest BCUT2D eigenvalue weighted by atomic mass is 15.2. The Kier molecular flexibility index (Phi) is 3.34. The summed E-state index contributed by atoms with van der Waals surface area (Å²) in [7, 11) is 2.03. The molecule has 0 saturated heterocycles. The van der Waals surface area contributed by atoms with Gasteiger partial charge in [0.1, 0.15) is 17.5 Å². The standard InChI is InChI=1S/C14H17N3/c1-3-4-9-17(2)14-12(10-15)11-7-5-6-8-13(11)16-14/h5-8,16H,3-4,9H2,1-2H3. The van der Waals surface area contributed by atoms with E-state index in [0.29, 0.717) is 0 Å². The first-order valence-corrected chi connectivity index (χ1v) is 6.00. The van der Waals surface area contributed by atoms with Gasteiger partial charge in [0, 0.05) is 24.5 Å². The number of H-pyrrole nitrogens is 1. The van der Waals surface area contributed by atoms with Crippen molar-refractivity contribution in [2.45, 2.75) is 19.8 Å². The molecule has 2 rings (SSSR count). The molecule has 0 atom stereocenters. The second-order valence-electron chi connectivity index (χ2n) is 4.28. The van der Waals surface area contributed by atoms with Crippen molar-refractivity contribution < 1.29 is 0 Å². The molecule has 88 valence electrons. The van der Waals surface area contributed by atoms with Gasteiger partial charge in [0.2, 0.25) is 0 Å². The minimum atomic E-state index is 0.749. The Hall–Kier alpha value is -1.95. The highest BCUT2D eigenvalue weighted by Gasteiger charge is 2.13. The van der Waals surface area contributed by atoms with Crippen LogP contribution in [0.2, 0.25) is 0 Å². The van der Waals surface area contributed by atoms with Gasteiger partial charge in [-0.2, -0.15) is 5.26 Å². The maximum absolute atomic E-state index is 9.28. The van der Waals surface area contributed by atoms with Gasteiger partial charge < -0.3 is 9.88 Å². The molecule has 1 N–H and O–H groups in total. The lowest BCUT2D eigenvalue weighted by molar-refractivity contribution is 0.761. The van der Waals surface area contributed by atoms with Gasteiger partial charge in [0.15, 0.2) is 0 Å². The number of hydrogen-bond acceptors (Lipinski definition) is 2. The van der Waals surface area contributed by atoms with Crippen molar-refractivity contribution in [1.29, 1.82) is 5.26 Å². The van der Waals surface area contributed by atoms with Crippen LogP contribution in [0.4, 0.5) is 5.82 Å². The van der Waals surface area contributed by atoms with E-state index >= 15 is 0 Å². The average molecular weight is 227 g/mol. The van der Waals surface area contributed by atoms with Gasteiger partial charge in [-0.15, -0.1) is 0 Å². The van der Waals surface area contributed by atoms with Crippen LogP contribution in [0.15, 0.2) is 24.3 Å². The zero-order valence-corrected chi connectivity index (χ0v) is 10.3. The van der Waals surface area contributed by atoms with Gasteiger partial charge in [0.25, 0.3) is 0 Å². The number of para-hydroxylation sites is 1. The van der Waals surface area contributed by atoms with E-state index in [1.165, 1.54) is 0 Å². The summed E-state index contributed by atoms with van der Waals surface area (Å²) in [5.74, 6) is 0.933. The summed E-state index contributed by atoms with van der Waals surface area (Å²) in [5.41, 5.74) is 1.78. The molecule has 0 fully saturated rings. The van der Waals surface area contributed by atoms with E-state index in [1.807, 2.05) is 31.3 Å². The lowest BCUT2D eigenvalue weighted by Crippen LogP contribution is -2.19. The number of nitrogens with zero attached hydrogens (tertiary/aromatic N) is 2. The molecular weight excluding hydrogens is 210 g/mol. The van der Waals surface area contributed by atoms with Gasteiger partial charge in [0.05, 0.1) is 0 Å².